The zero-order valence-corrected chi connectivity index (χ0v) is 24.9. The van der Waals surface area contributed by atoms with E-state index in [2.05, 4.69) is 40.2 Å². The standard InChI is InChI=1S/C28H36F5N5O3Si/c1-42(2,3)14-13-40-18-38-17-20(28(31,32)33)24-23(7-8-34-26(24)38)41-25-21(29)15-19(16-22(25)30)36-27(39)35-9-12-37-10-5-4-6-11-37/h7-8,15-17H,4-6,9-14,18H2,1-3H3,(H2,35,36,39). The number of halogens is 5. The number of piperidine rings is 1. The minimum absolute atomic E-state index is 0.104. The fourth-order valence-electron chi connectivity index (χ4n) is 4.65. The second kappa shape index (κ2) is 13.4. The average molecular weight is 614 g/mol. The van der Waals surface area contributed by atoms with Crippen LogP contribution in [-0.4, -0.2) is 61.3 Å². The van der Waals surface area contributed by atoms with Crippen molar-refractivity contribution < 1.29 is 36.2 Å². The predicted molar refractivity (Wildman–Crippen MR) is 153 cm³/mol. The number of carbonyl (C=O) groups is 1. The zero-order chi connectivity index (χ0) is 30.5. The number of likely N-dealkylation sites (tertiary alicyclic amines) is 1. The molecule has 1 aliphatic heterocycles. The van der Waals surface area contributed by atoms with Crippen molar-refractivity contribution >= 4 is 30.8 Å². The summed E-state index contributed by atoms with van der Waals surface area (Å²) in [6.07, 6.45) is 0.660. The molecule has 0 spiro atoms. The fraction of sp³-hybridized carbons (Fsp3) is 0.500. The number of benzene rings is 1. The summed E-state index contributed by atoms with van der Waals surface area (Å²) in [5, 5.41) is 4.57. The third-order valence-electron chi connectivity index (χ3n) is 6.88. The summed E-state index contributed by atoms with van der Waals surface area (Å²) in [4.78, 5) is 18.5. The number of nitrogens with zero attached hydrogens (tertiary/aromatic N) is 3. The van der Waals surface area contributed by atoms with Crippen molar-refractivity contribution in [2.75, 3.05) is 38.1 Å². The number of amides is 2. The van der Waals surface area contributed by atoms with Crippen LogP contribution in [0.5, 0.6) is 11.5 Å². The third kappa shape index (κ3) is 8.41. The van der Waals surface area contributed by atoms with E-state index >= 15 is 0 Å². The van der Waals surface area contributed by atoms with E-state index < -0.39 is 54.4 Å². The molecule has 42 heavy (non-hydrogen) atoms. The molecule has 1 saturated heterocycles. The van der Waals surface area contributed by atoms with E-state index in [4.69, 9.17) is 9.47 Å². The Hall–Kier alpha value is -3.23. The highest BCUT2D eigenvalue weighted by Gasteiger charge is 2.37. The van der Waals surface area contributed by atoms with Gasteiger partial charge in [0.25, 0.3) is 0 Å². The van der Waals surface area contributed by atoms with E-state index in [1.807, 2.05) is 0 Å². The Morgan fingerprint density at radius 2 is 1.79 bits per heavy atom. The van der Waals surface area contributed by atoms with Gasteiger partial charge in [0.1, 0.15) is 18.1 Å². The zero-order valence-electron chi connectivity index (χ0n) is 23.9. The van der Waals surface area contributed by atoms with Crippen LogP contribution in [0.4, 0.5) is 32.4 Å². The minimum atomic E-state index is -4.80. The van der Waals surface area contributed by atoms with Crippen LogP contribution in [0.25, 0.3) is 11.0 Å². The molecule has 14 heteroatoms. The van der Waals surface area contributed by atoms with Crippen molar-refractivity contribution in [2.45, 2.75) is 57.9 Å². The third-order valence-corrected chi connectivity index (χ3v) is 8.59. The molecule has 4 rings (SSSR count). The first kappa shape index (κ1) is 31.7. The largest absolute Gasteiger partial charge is 0.450 e. The van der Waals surface area contributed by atoms with Crippen LogP contribution in [0.3, 0.4) is 0 Å². The van der Waals surface area contributed by atoms with E-state index in [1.54, 1.807) is 0 Å². The molecule has 1 aromatic carbocycles. The Labute approximate surface area is 242 Å². The number of alkyl halides is 3. The molecule has 2 amide bonds. The van der Waals surface area contributed by atoms with Crippen LogP contribution in [0.2, 0.25) is 25.7 Å². The Balaban J connectivity index is 1.49. The molecule has 1 aliphatic rings. The van der Waals surface area contributed by atoms with E-state index in [0.29, 0.717) is 19.7 Å². The molecule has 0 saturated carbocycles. The van der Waals surface area contributed by atoms with Gasteiger partial charge in [-0.3, -0.25) is 0 Å². The van der Waals surface area contributed by atoms with E-state index in [0.717, 1.165) is 56.4 Å². The van der Waals surface area contributed by atoms with Gasteiger partial charge in [0.2, 0.25) is 0 Å². The summed E-state index contributed by atoms with van der Waals surface area (Å²) in [5.74, 6) is -3.74. The Morgan fingerprint density at radius 3 is 2.43 bits per heavy atom. The van der Waals surface area contributed by atoms with Gasteiger partial charge < -0.3 is 29.6 Å². The van der Waals surface area contributed by atoms with Gasteiger partial charge >= 0.3 is 12.2 Å². The van der Waals surface area contributed by atoms with Crippen molar-refractivity contribution in [2.24, 2.45) is 0 Å². The maximum atomic E-state index is 15.0. The molecule has 230 valence electrons. The number of hydrogen-bond donors (Lipinski definition) is 2. The molecule has 0 radical (unpaired) electrons. The first-order valence-electron chi connectivity index (χ1n) is 13.9. The van der Waals surface area contributed by atoms with Gasteiger partial charge in [-0.25, -0.2) is 18.6 Å². The summed E-state index contributed by atoms with van der Waals surface area (Å²) < 4.78 is 84.1. The number of rotatable bonds is 11. The van der Waals surface area contributed by atoms with Gasteiger partial charge in [-0.05, 0) is 38.0 Å². The van der Waals surface area contributed by atoms with Gasteiger partial charge in [0, 0.05) is 58.0 Å². The highest BCUT2D eigenvalue weighted by atomic mass is 28.3. The van der Waals surface area contributed by atoms with Gasteiger partial charge in [0.05, 0.1) is 10.9 Å². The number of carbonyl (C=O) groups excluding carboxylic acids is 1. The maximum Gasteiger partial charge on any atom is 0.418 e. The lowest BCUT2D eigenvalue weighted by molar-refractivity contribution is -0.136. The SMILES string of the molecule is C[Si](C)(C)CCOCn1cc(C(F)(F)F)c2c(Oc3c(F)cc(NC(=O)NCCN4CCCCC4)cc3F)ccnc21. The number of fused-ring (bicyclic) bond motifs is 1. The minimum Gasteiger partial charge on any atom is -0.450 e. The maximum absolute atomic E-state index is 15.0. The second-order valence-electron chi connectivity index (χ2n) is 11.5. The van der Waals surface area contributed by atoms with Gasteiger partial charge in [0.15, 0.2) is 17.4 Å². The quantitative estimate of drug-likeness (QED) is 0.138. The molecule has 3 aromatic rings. The van der Waals surface area contributed by atoms with Crippen LogP contribution in [-0.2, 0) is 17.6 Å². The van der Waals surface area contributed by atoms with Crippen molar-refractivity contribution in [1.82, 2.24) is 19.8 Å². The average Bonchev–Trinajstić information content (AvgIpc) is 3.29. The molecule has 0 aliphatic carbocycles. The van der Waals surface area contributed by atoms with Crippen LogP contribution in [0, 0.1) is 11.6 Å². The second-order valence-corrected chi connectivity index (χ2v) is 17.1. The van der Waals surface area contributed by atoms with Crippen molar-refractivity contribution in [3.63, 3.8) is 0 Å². The van der Waals surface area contributed by atoms with E-state index in [9.17, 15) is 26.7 Å². The lowest BCUT2D eigenvalue weighted by Gasteiger charge is -2.26. The molecule has 0 bridgehead atoms. The molecular formula is C28H36F5N5O3Si. The lowest BCUT2D eigenvalue weighted by Crippen LogP contribution is -2.39. The number of aromatic nitrogens is 2. The molecule has 0 atom stereocenters. The van der Waals surface area contributed by atoms with Gasteiger partial charge in [-0.15, -0.1) is 0 Å². The molecule has 2 N–H and O–H groups in total. The Morgan fingerprint density at radius 1 is 1.10 bits per heavy atom. The number of pyridine rings is 1. The van der Waals surface area contributed by atoms with Gasteiger partial charge in [-0.1, -0.05) is 26.1 Å². The van der Waals surface area contributed by atoms with Crippen LogP contribution in [0.15, 0.2) is 30.6 Å². The summed E-state index contributed by atoms with van der Waals surface area (Å²) in [5.41, 5.74) is -1.35. The predicted octanol–water partition coefficient (Wildman–Crippen LogP) is 7.05. The van der Waals surface area contributed by atoms with E-state index in [1.165, 1.54) is 17.2 Å². The molecule has 3 heterocycles. The highest BCUT2D eigenvalue weighted by Crippen LogP contribution is 2.42. The normalized spacial score (nSPS) is 14.8. The molecule has 1 fully saturated rings. The Bertz CT molecular complexity index is 1360. The van der Waals surface area contributed by atoms with Gasteiger partial charge in [-0.2, -0.15) is 13.2 Å². The number of ether oxygens (including phenoxy) is 2. The summed E-state index contributed by atoms with van der Waals surface area (Å²) in [6, 6.07) is 2.96. The van der Waals surface area contributed by atoms with Crippen molar-refractivity contribution in [1.29, 1.82) is 0 Å². The fourth-order valence-corrected chi connectivity index (χ4v) is 5.41. The van der Waals surface area contributed by atoms with Crippen LogP contribution < -0.4 is 15.4 Å². The topological polar surface area (TPSA) is 80.6 Å². The number of urea groups is 1. The van der Waals surface area contributed by atoms with Crippen LogP contribution >= 0.6 is 0 Å². The molecular weight excluding hydrogens is 577 g/mol. The van der Waals surface area contributed by atoms with Crippen molar-refractivity contribution in [3.05, 3.63) is 47.8 Å². The van der Waals surface area contributed by atoms with Crippen molar-refractivity contribution in [3.8, 4) is 11.5 Å². The monoisotopic (exact) mass is 613 g/mol. The summed E-state index contributed by atoms with van der Waals surface area (Å²) >= 11 is 0. The lowest BCUT2D eigenvalue weighted by atomic mass is 10.1. The van der Waals surface area contributed by atoms with Crippen LogP contribution in [0.1, 0.15) is 24.8 Å². The first-order chi connectivity index (χ1) is 19.8. The molecule has 8 nitrogen and oxygen atoms in total. The molecule has 2 aromatic heterocycles. The molecule has 0 unspecified atom stereocenters. The highest BCUT2D eigenvalue weighted by molar-refractivity contribution is 6.76. The number of anilines is 1. The number of hydrogen-bond acceptors (Lipinski definition) is 5. The Kier molecular flexibility index (Phi) is 10.1. The first-order valence-corrected chi connectivity index (χ1v) is 17.6. The summed E-state index contributed by atoms with van der Waals surface area (Å²) in [6.45, 7) is 9.61. The summed E-state index contributed by atoms with van der Waals surface area (Å²) in [7, 11) is -1.41. The number of nitrogens with one attached hydrogen (secondary N) is 2. The smallest absolute Gasteiger partial charge is 0.418 e. The van der Waals surface area contributed by atoms with E-state index in [-0.39, 0.29) is 18.1 Å².